The molecule has 0 aliphatic carbocycles. The first-order valence-corrected chi connectivity index (χ1v) is 6.37. The summed E-state index contributed by atoms with van der Waals surface area (Å²) < 4.78 is 37.7. The molecule has 0 atom stereocenters. The third-order valence-corrected chi connectivity index (χ3v) is 3.03. The zero-order valence-corrected chi connectivity index (χ0v) is 11.2. The van der Waals surface area contributed by atoms with E-state index in [2.05, 4.69) is 10.3 Å². The van der Waals surface area contributed by atoms with Gasteiger partial charge in [0, 0.05) is 19.1 Å². The number of hydrogen-bond donors (Lipinski definition) is 1. The van der Waals surface area contributed by atoms with Crippen LogP contribution in [0.15, 0.2) is 18.2 Å². The van der Waals surface area contributed by atoms with E-state index in [0.29, 0.717) is 13.1 Å². The maximum atomic E-state index is 12.6. The Morgan fingerprint density at radius 2 is 2.05 bits per heavy atom. The lowest BCUT2D eigenvalue weighted by Gasteiger charge is -2.39. The quantitative estimate of drug-likeness (QED) is 0.925. The van der Waals surface area contributed by atoms with Crippen molar-refractivity contribution in [3.8, 4) is 0 Å². The van der Waals surface area contributed by atoms with Crippen LogP contribution in [0.2, 0.25) is 0 Å². The lowest BCUT2D eigenvalue weighted by Crippen LogP contribution is -2.55. The van der Waals surface area contributed by atoms with Crippen LogP contribution < -0.4 is 10.2 Å². The van der Waals surface area contributed by atoms with Crippen LogP contribution in [-0.4, -0.2) is 30.0 Å². The number of carbonyl (C=O) groups is 1. The number of alkyl halides is 3. The van der Waals surface area contributed by atoms with Crippen LogP contribution in [0.1, 0.15) is 19.5 Å². The van der Waals surface area contributed by atoms with Gasteiger partial charge in [0.25, 0.3) is 0 Å². The minimum absolute atomic E-state index is 0.0585. The predicted molar refractivity (Wildman–Crippen MR) is 68.2 cm³/mol. The Kier molecular flexibility index (Phi) is 3.87. The Hall–Kier alpha value is -1.79. The van der Waals surface area contributed by atoms with E-state index < -0.39 is 11.9 Å². The van der Waals surface area contributed by atoms with Crippen LogP contribution >= 0.6 is 0 Å². The van der Waals surface area contributed by atoms with E-state index in [1.807, 2.05) is 13.8 Å². The number of rotatable bonds is 3. The molecule has 0 bridgehead atoms. The predicted octanol–water partition coefficient (Wildman–Crippen LogP) is 2.06. The number of pyridine rings is 1. The minimum Gasteiger partial charge on any atom is -0.355 e. The van der Waals surface area contributed by atoms with Gasteiger partial charge < -0.3 is 10.2 Å². The molecule has 2 rings (SSSR count). The molecular weight excluding hydrogens is 271 g/mol. The lowest BCUT2D eigenvalue weighted by atomic mass is 9.99. The Labute approximate surface area is 115 Å². The van der Waals surface area contributed by atoms with Crippen molar-refractivity contribution in [1.82, 2.24) is 10.3 Å². The number of anilines is 1. The van der Waals surface area contributed by atoms with Crippen molar-refractivity contribution >= 4 is 11.7 Å². The summed E-state index contributed by atoms with van der Waals surface area (Å²) >= 11 is 0. The van der Waals surface area contributed by atoms with Crippen molar-refractivity contribution in [1.29, 1.82) is 0 Å². The van der Waals surface area contributed by atoms with Crippen molar-refractivity contribution in [3.63, 3.8) is 0 Å². The second-order valence-electron chi connectivity index (χ2n) is 5.14. The van der Waals surface area contributed by atoms with Crippen LogP contribution in [0.5, 0.6) is 0 Å². The standard InChI is InChI=1S/C13H16F3N3O/c1-8(2)17-12(20)9-6-19(7-9)11-5-3-4-10(18-11)13(14,15)16/h3-5,8-9H,6-7H2,1-2H3,(H,17,20). The van der Waals surface area contributed by atoms with Gasteiger partial charge in [-0.15, -0.1) is 0 Å². The summed E-state index contributed by atoms with van der Waals surface area (Å²) in [5, 5.41) is 2.79. The molecule has 1 fully saturated rings. The molecule has 0 aromatic carbocycles. The average Bonchev–Trinajstić information content (AvgIpc) is 2.25. The van der Waals surface area contributed by atoms with Crippen LogP contribution in [0, 0.1) is 5.92 Å². The first-order chi connectivity index (χ1) is 9.27. The molecule has 0 radical (unpaired) electrons. The molecule has 1 amide bonds. The Morgan fingerprint density at radius 3 is 2.60 bits per heavy atom. The number of hydrogen-bond acceptors (Lipinski definition) is 3. The van der Waals surface area contributed by atoms with E-state index in [0.717, 1.165) is 6.07 Å². The zero-order chi connectivity index (χ0) is 14.9. The SMILES string of the molecule is CC(C)NC(=O)C1CN(c2cccc(C(F)(F)F)n2)C1. The second kappa shape index (κ2) is 5.30. The fourth-order valence-corrected chi connectivity index (χ4v) is 1.99. The minimum atomic E-state index is -4.45. The number of amides is 1. The molecule has 1 N–H and O–H groups in total. The van der Waals surface area contributed by atoms with Gasteiger partial charge in [-0.05, 0) is 26.0 Å². The largest absolute Gasteiger partial charge is 0.433 e. The van der Waals surface area contributed by atoms with E-state index in [1.165, 1.54) is 12.1 Å². The Balaban J connectivity index is 1.98. The van der Waals surface area contributed by atoms with Crippen LogP contribution in [0.3, 0.4) is 0 Å². The van der Waals surface area contributed by atoms with Gasteiger partial charge >= 0.3 is 6.18 Å². The van der Waals surface area contributed by atoms with Gasteiger partial charge in [0.05, 0.1) is 5.92 Å². The third kappa shape index (κ3) is 3.20. The summed E-state index contributed by atoms with van der Waals surface area (Å²) in [4.78, 5) is 17.0. The van der Waals surface area contributed by atoms with Gasteiger partial charge in [-0.25, -0.2) is 4.98 Å². The molecule has 1 saturated heterocycles. The maximum absolute atomic E-state index is 12.6. The molecule has 0 spiro atoms. The Bertz CT molecular complexity index is 496. The second-order valence-corrected chi connectivity index (χ2v) is 5.14. The van der Waals surface area contributed by atoms with E-state index in [1.54, 1.807) is 4.90 Å². The monoisotopic (exact) mass is 287 g/mol. The maximum Gasteiger partial charge on any atom is 0.433 e. The smallest absolute Gasteiger partial charge is 0.355 e. The molecule has 0 saturated carbocycles. The molecule has 0 unspecified atom stereocenters. The molecule has 110 valence electrons. The van der Waals surface area contributed by atoms with Gasteiger partial charge in [-0.3, -0.25) is 4.79 Å². The summed E-state index contributed by atoms with van der Waals surface area (Å²) in [6, 6.07) is 3.84. The van der Waals surface area contributed by atoms with Crippen molar-refractivity contribution in [2.45, 2.75) is 26.1 Å². The highest BCUT2D eigenvalue weighted by Gasteiger charge is 2.36. The summed E-state index contributed by atoms with van der Waals surface area (Å²) in [5.74, 6) is 0.00499. The van der Waals surface area contributed by atoms with Crippen molar-refractivity contribution in [2.75, 3.05) is 18.0 Å². The molecule has 1 aromatic heterocycles. The highest BCUT2D eigenvalue weighted by atomic mass is 19.4. The molecule has 1 aromatic rings. The van der Waals surface area contributed by atoms with Crippen molar-refractivity contribution in [3.05, 3.63) is 23.9 Å². The van der Waals surface area contributed by atoms with Crippen molar-refractivity contribution in [2.24, 2.45) is 5.92 Å². The molecule has 7 heteroatoms. The zero-order valence-electron chi connectivity index (χ0n) is 11.2. The van der Waals surface area contributed by atoms with E-state index in [4.69, 9.17) is 0 Å². The summed E-state index contributed by atoms with van der Waals surface area (Å²) in [5.41, 5.74) is -0.912. The number of carbonyl (C=O) groups excluding carboxylic acids is 1. The third-order valence-electron chi connectivity index (χ3n) is 3.03. The number of aromatic nitrogens is 1. The molecule has 1 aliphatic rings. The first kappa shape index (κ1) is 14.6. The van der Waals surface area contributed by atoms with Gasteiger partial charge in [0.2, 0.25) is 5.91 Å². The Morgan fingerprint density at radius 1 is 1.40 bits per heavy atom. The summed E-state index contributed by atoms with van der Waals surface area (Å²) in [6.07, 6.45) is -4.45. The molecule has 4 nitrogen and oxygen atoms in total. The van der Waals surface area contributed by atoms with Gasteiger partial charge in [0.1, 0.15) is 11.5 Å². The van der Waals surface area contributed by atoms with E-state index in [-0.39, 0.29) is 23.7 Å². The van der Waals surface area contributed by atoms with Crippen molar-refractivity contribution < 1.29 is 18.0 Å². The van der Waals surface area contributed by atoms with Crippen LogP contribution in [0.4, 0.5) is 19.0 Å². The average molecular weight is 287 g/mol. The fourth-order valence-electron chi connectivity index (χ4n) is 1.99. The van der Waals surface area contributed by atoms with Gasteiger partial charge in [-0.1, -0.05) is 6.07 Å². The van der Waals surface area contributed by atoms with E-state index in [9.17, 15) is 18.0 Å². The fraction of sp³-hybridized carbons (Fsp3) is 0.538. The number of nitrogens with zero attached hydrogens (tertiary/aromatic N) is 2. The van der Waals surface area contributed by atoms with E-state index >= 15 is 0 Å². The lowest BCUT2D eigenvalue weighted by molar-refractivity contribution is -0.141. The molecule has 1 aliphatic heterocycles. The highest BCUT2D eigenvalue weighted by molar-refractivity contribution is 5.81. The summed E-state index contributed by atoms with van der Waals surface area (Å²) in [7, 11) is 0. The van der Waals surface area contributed by atoms with Crippen LogP contribution in [0.25, 0.3) is 0 Å². The number of halogens is 3. The normalized spacial score (nSPS) is 16.2. The first-order valence-electron chi connectivity index (χ1n) is 6.37. The summed E-state index contributed by atoms with van der Waals surface area (Å²) in [6.45, 7) is 4.52. The topological polar surface area (TPSA) is 45.2 Å². The molecular formula is C13H16F3N3O. The molecule has 2 heterocycles. The highest BCUT2D eigenvalue weighted by Crippen LogP contribution is 2.30. The van der Waals surface area contributed by atoms with Gasteiger partial charge in [0.15, 0.2) is 0 Å². The van der Waals surface area contributed by atoms with Gasteiger partial charge in [-0.2, -0.15) is 13.2 Å². The molecule has 20 heavy (non-hydrogen) atoms. The van der Waals surface area contributed by atoms with Crippen LogP contribution in [-0.2, 0) is 11.0 Å². The number of nitrogens with one attached hydrogen (secondary N) is 1.